The molecule has 0 atom stereocenters. The smallest absolute Gasteiger partial charge is 0.271 e. The van der Waals surface area contributed by atoms with E-state index in [4.69, 9.17) is 4.42 Å². The molecule has 0 saturated heterocycles. The Labute approximate surface area is 152 Å². The molecule has 0 radical (unpaired) electrons. The van der Waals surface area contributed by atoms with Crippen molar-refractivity contribution in [3.05, 3.63) is 58.2 Å². The molecule has 0 spiro atoms. The highest BCUT2D eigenvalue weighted by Gasteiger charge is 2.16. The standard InChI is InChI=1S/C18H16N4O3S/c1-10-6-11(2)21-17-14(10)15-16(26-17)18(24)22(9-20-15)8-13(23)19-7-12-4-3-5-25-12/h3-6,9H,7-8H2,1-2H3,(H,19,23). The van der Waals surface area contributed by atoms with Gasteiger partial charge in [0.25, 0.3) is 5.56 Å². The fourth-order valence-corrected chi connectivity index (χ4v) is 4.12. The van der Waals surface area contributed by atoms with E-state index in [1.54, 1.807) is 18.4 Å². The summed E-state index contributed by atoms with van der Waals surface area (Å²) in [5.41, 5.74) is 2.36. The first-order chi connectivity index (χ1) is 12.5. The van der Waals surface area contributed by atoms with Gasteiger partial charge in [0.05, 0.1) is 24.7 Å². The third kappa shape index (κ3) is 2.88. The minimum Gasteiger partial charge on any atom is -0.467 e. The number of fused-ring (bicyclic) bond motifs is 3. The van der Waals surface area contributed by atoms with Crippen molar-refractivity contribution in [3.63, 3.8) is 0 Å². The summed E-state index contributed by atoms with van der Waals surface area (Å²) < 4.78 is 7.00. The van der Waals surface area contributed by atoms with Crippen LogP contribution in [-0.2, 0) is 17.9 Å². The maximum atomic E-state index is 12.8. The second-order valence-electron chi connectivity index (χ2n) is 6.07. The first-order valence-electron chi connectivity index (χ1n) is 8.08. The van der Waals surface area contributed by atoms with E-state index < -0.39 is 0 Å². The van der Waals surface area contributed by atoms with Crippen molar-refractivity contribution in [2.75, 3.05) is 0 Å². The average molecular weight is 368 g/mol. The van der Waals surface area contributed by atoms with Crippen LogP contribution in [0, 0.1) is 13.8 Å². The normalized spacial score (nSPS) is 11.3. The molecule has 0 fully saturated rings. The Balaban J connectivity index is 1.65. The summed E-state index contributed by atoms with van der Waals surface area (Å²) in [5, 5.41) is 3.63. The topological polar surface area (TPSA) is 90.0 Å². The predicted molar refractivity (Wildman–Crippen MR) is 99.2 cm³/mol. The number of pyridine rings is 1. The number of hydrogen-bond donors (Lipinski definition) is 1. The van der Waals surface area contributed by atoms with Gasteiger partial charge in [0, 0.05) is 11.1 Å². The van der Waals surface area contributed by atoms with Crippen molar-refractivity contribution in [2.45, 2.75) is 26.9 Å². The summed E-state index contributed by atoms with van der Waals surface area (Å²) in [6.45, 7) is 4.09. The molecule has 4 aromatic rings. The van der Waals surface area contributed by atoms with Gasteiger partial charge in [-0.2, -0.15) is 0 Å². The number of hydrogen-bond acceptors (Lipinski definition) is 6. The number of aromatic nitrogens is 3. The molecule has 0 saturated carbocycles. The predicted octanol–water partition coefficient (Wildman–Crippen LogP) is 2.53. The number of carbonyl (C=O) groups is 1. The maximum absolute atomic E-state index is 12.8. The third-order valence-corrected chi connectivity index (χ3v) is 5.16. The van der Waals surface area contributed by atoms with Gasteiger partial charge >= 0.3 is 0 Å². The van der Waals surface area contributed by atoms with E-state index in [2.05, 4.69) is 15.3 Å². The van der Waals surface area contributed by atoms with Crippen LogP contribution in [0.4, 0.5) is 0 Å². The molecule has 1 amide bonds. The lowest BCUT2D eigenvalue weighted by molar-refractivity contribution is -0.121. The number of nitrogens with zero attached hydrogens (tertiary/aromatic N) is 3. The Kier molecular flexibility index (Phi) is 4.04. The molecule has 0 aromatic carbocycles. The zero-order valence-corrected chi connectivity index (χ0v) is 15.1. The molecule has 0 aliphatic rings. The van der Waals surface area contributed by atoms with E-state index in [0.29, 0.717) is 16.0 Å². The summed E-state index contributed by atoms with van der Waals surface area (Å²) in [6.07, 6.45) is 2.96. The monoisotopic (exact) mass is 368 g/mol. The lowest BCUT2D eigenvalue weighted by atomic mass is 10.1. The summed E-state index contributed by atoms with van der Waals surface area (Å²) in [4.78, 5) is 34.6. The first kappa shape index (κ1) is 16.5. The van der Waals surface area contributed by atoms with Gasteiger partial charge in [-0.3, -0.25) is 14.2 Å². The molecule has 7 nitrogen and oxygen atoms in total. The van der Waals surface area contributed by atoms with Crippen LogP contribution >= 0.6 is 11.3 Å². The van der Waals surface area contributed by atoms with Crippen LogP contribution < -0.4 is 10.9 Å². The van der Waals surface area contributed by atoms with E-state index in [-0.39, 0.29) is 24.6 Å². The number of nitrogens with one attached hydrogen (secondary N) is 1. The van der Waals surface area contributed by atoms with Crippen molar-refractivity contribution in [2.24, 2.45) is 0 Å². The van der Waals surface area contributed by atoms with Crippen LogP contribution in [0.5, 0.6) is 0 Å². The minimum atomic E-state index is -0.282. The number of furan rings is 1. The zero-order valence-electron chi connectivity index (χ0n) is 14.3. The molecule has 0 bridgehead atoms. The SMILES string of the molecule is Cc1cc(C)c2c(n1)sc1c(=O)n(CC(=O)NCc3ccco3)cnc12. The number of thiophene rings is 1. The van der Waals surface area contributed by atoms with Gasteiger partial charge in [-0.1, -0.05) is 0 Å². The highest BCUT2D eigenvalue weighted by atomic mass is 32.1. The van der Waals surface area contributed by atoms with Gasteiger partial charge in [-0.15, -0.1) is 11.3 Å². The summed E-state index contributed by atoms with van der Waals surface area (Å²) in [6, 6.07) is 5.50. The van der Waals surface area contributed by atoms with Crippen LogP contribution in [0.2, 0.25) is 0 Å². The number of amides is 1. The van der Waals surface area contributed by atoms with Crippen LogP contribution in [0.3, 0.4) is 0 Å². The quantitative estimate of drug-likeness (QED) is 0.598. The van der Waals surface area contributed by atoms with Gasteiger partial charge in [0.2, 0.25) is 5.91 Å². The number of carbonyl (C=O) groups excluding carboxylic acids is 1. The molecular weight excluding hydrogens is 352 g/mol. The van der Waals surface area contributed by atoms with Gasteiger partial charge in [0.15, 0.2) is 0 Å². The minimum absolute atomic E-state index is 0.0951. The number of rotatable bonds is 4. The van der Waals surface area contributed by atoms with Crippen LogP contribution in [0.25, 0.3) is 20.4 Å². The first-order valence-corrected chi connectivity index (χ1v) is 8.89. The van der Waals surface area contributed by atoms with Crippen LogP contribution in [-0.4, -0.2) is 20.4 Å². The van der Waals surface area contributed by atoms with Gasteiger partial charge < -0.3 is 9.73 Å². The van der Waals surface area contributed by atoms with E-state index in [1.807, 2.05) is 19.9 Å². The molecule has 4 aromatic heterocycles. The summed E-state index contributed by atoms with van der Waals surface area (Å²) >= 11 is 1.32. The van der Waals surface area contributed by atoms with Crippen molar-refractivity contribution >= 4 is 37.7 Å². The molecule has 0 aliphatic heterocycles. The zero-order chi connectivity index (χ0) is 18.3. The van der Waals surface area contributed by atoms with Crippen molar-refractivity contribution < 1.29 is 9.21 Å². The van der Waals surface area contributed by atoms with Gasteiger partial charge in [-0.05, 0) is 37.6 Å². The molecule has 1 N–H and O–H groups in total. The maximum Gasteiger partial charge on any atom is 0.271 e. The van der Waals surface area contributed by atoms with Crippen molar-refractivity contribution in [1.82, 2.24) is 19.9 Å². The van der Waals surface area contributed by atoms with Crippen LogP contribution in [0.15, 0.2) is 40.0 Å². The highest BCUT2D eigenvalue weighted by molar-refractivity contribution is 7.25. The van der Waals surface area contributed by atoms with E-state index in [0.717, 1.165) is 21.5 Å². The third-order valence-electron chi connectivity index (χ3n) is 4.10. The molecule has 132 valence electrons. The molecule has 4 rings (SSSR count). The van der Waals surface area contributed by atoms with E-state index in [1.165, 1.54) is 22.2 Å². The summed E-state index contributed by atoms with van der Waals surface area (Å²) in [7, 11) is 0. The molecule has 8 heteroatoms. The molecule has 0 unspecified atom stereocenters. The Morgan fingerprint density at radius 3 is 3.00 bits per heavy atom. The largest absolute Gasteiger partial charge is 0.467 e. The fourth-order valence-electron chi connectivity index (χ4n) is 2.92. The van der Waals surface area contributed by atoms with Gasteiger partial charge in [0.1, 0.15) is 21.8 Å². The molecule has 4 heterocycles. The molecular formula is C18H16N4O3S. The lowest BCUT2D eigenvalue weighted by Crippen LogP contribution is -2.31. The molecule has 0 aliphatic carbocycles. The van der Waals surface area contributed by atoms with E-state index >= 15 is 0 Å². The van der Waals surface area contributed by atoms with E-state index in [9.17, 15) is 9.59 Å². The second-order valence-corrected chi connectivity index (χ2v) is 7.07. The lowest BCUT2D eigenvalue weighted by Gasteiger charge is -2.06. The van der Waals surface area contributed by atoms with Gasteiger partial charge in [-0.25, -0.2) is 9.97 Å². The van der Waals surface area contributed by atoms with Crippen LogP contribution in [0.1, 0.15) is 17.0 Å². The Hall–Kier alpha value is -3.00. The van der Waals surface area contributed by atoms with Crippen molar-refractivity contribution in [1.29, 1.82) is 0 Å². The fraction of sp³-hybridized carbons (Fsp3) is 0.222. The number of aryl methyl sites for hydroxylation is 2. The Morgan fingerprint density at radius 1 is 1.38 bits per heavy atom. The highest BCUT2D eigenvalue weighted by Crippen LogP contribution is 2.31. The Bertz CT molecular complexity index is 1170. The summed E-state index contributed by atoms with van der Waals surface area (Å²) in [5.74, 6) is 0.372. The molecule has 26 heavy (non-hydrogen) atoms. The second kappa shape index (κ2) is 6.38. The van der Waals surface area contributed by atoms with Crippen molar-refractivity contribution in [3.8, 4) is 0 Å². The average Bonchev–Trinajstić information content (AvgIpc) is 3.23. The Morgan fingerprint density at radius 2 is 2.23 bits per heavy atom.